The number of imidazole rings is 2. The Morgan fingerprint density at radius 2 is 1.44 bits per heavy atom. The second-order valence-electron chi connectivity index (χ2n) is 15.0. The van der Waals surface area contributed by atoms with E-state index in [4.69, 9.17) is 9.97 Å². The number of nitrogens with zero attached hydrogens (tertiary/aromatic N) is 4. The number of H-pyrrole nitrogens is 2. The number of hydrogen-bond donors (Lipinski definition) is 2. The van der Waals surface area contributed by atoms with Gasteiger partial charge in [-0.15, -0.1) is 0 Å². The van der Waals surface area contributed by atoms with E-state index >= 15 is 0 Å². The van der Waals surface area contributed by atoms with Crippen molar-refractivity contribution in [3.63, 3.8) is 0 Å². The van der Waals surface area contributed by atoms with Crippen LogP contribution in [0.3, 0.4) is 0 Å². The first-order valence-corrected chi connectivity index (χ1v) is 18.0. The van der Waals surface area contributed by atoms with Crippen molar-refractivity contribution in [2.45, 2.75) is 91.1 Å². The smallest absolute Gasteiger partial charge is 0.223 e. The topological polar surface area (TPSA) is 98.0 Å². The van der Waals surface area contributed by atoms with Crippen LogP contribution in [0.4, 0.5) is 0 Å². The number of fused-ring (bicyclic) bond motifs is 4. The van der Waals surface area contributed by atoms with Gasteiger partial charge in [0.2, 0.25) is 11.8 Å². The molecule has 0 spiro atoms. The molecule has 0 radical (unpaired) electrons. The average Bonchev–Trinajstić information content (AvgIpc) is 3.85. The van der Waals surface area contributed by atoms with Crippen molar-refractivity contribution in [3.05, 3.63) is 71.4 Å². The summed E-state index contributed by atoms with van der Waals surface area (Å²) in [4.78, 5) is 47.0. The van der Waals surface area contributed by atoms with Crippen LogP contribution in [0.25, 0.3) is 44.2 Å². The summed E-state index contributed by atoms with van der Waals surface area (Å²) in [5.41, 5.74) is 9.56. The Bertz CT molecular complexity index is 2040. The number of benzene rings is 3. The summed E-state index contributed by atoms with van der Waals surface area (Å²) < 4.78 is 0. The zero-order valence-corrected chi connectivity index (χ0v) is 28.6. The van der Waals surface area contributed by atoms with Gasteiger partial charge in [0, 0.05) is 36.9 Å². The molecule has 2 aromatic heterocycles. The van der Waals surface area contributed by atoms with Crippen LogP contribution in [0.5, 0.6) is 0 Å². The number of aromatic amines is 2. The highest BCUT2D eigenvalue weighted by atomic mass is 16.2. The minimum Gasteiger partial charge on any atom is -0.340 e. The molecule has 8 heteroatoms. The van der Waals surface area contributed by atoms with Crippen LogP contribution in [0.2, 0.25) is 0 Å². The van der Waals surface area contributed by atoms with E-state index in [1.165, 1.54) is 33.2 Å². The van der Waals surface area contributed by atoms with Gasteiger partial charge in [0.25, 0.3) is 0 Å². The number of aromatic nitrogens is 4. The summed E-state index contributed by atoms with van der Waals surface area (Å²) in [5.74, 6) is 2.97. The van der Waals surface area contributed by atoms with Crippen LogP contribution in [-0.4, -0.2) is 54.6 Å². The standard InChI is InChI=1S/C40H46N6O2/c1-23(2)19-36(47)45-17-5-7-34(45)39-41-22-33(43-39)31-15-12-27(29-13-14-30(29)31)25-9-11-28-26(21-25)10-16-32-38(28)44-40(42-32)35-8-6-18-46(35)37(48)20-24(3)4/h9-12,15-16,21-24,34-35H,5-8,13-14,17-20H2,1-4H3,(H,41,43)(H,42,44). The molecule has 3 aliphatic rings. The molecule has 2 N–H and O–H groups in total. The Hall–Kier alpha value is -4.46. The third kappa shape index (κ3) is 5.39. The van der Waals surface area contributed by atoms with Gasteiger partial charge in [-0.2, -0.15) is 0 Å². The summed E-state index contributed by atoms with van der Waals surface area (Å²) in [7, 11) is 0. The Morgan fingerprint density at radius 3 is 2.10 bits per heavy atom. The van der Waals surface area contributed by atoms with E-state index < -0.39 is 0 Å². The molecule has 48 heavy (non-hydrogen) atoms. The summed E-state index contributed by atoms with van der Waals surface area (Å²) >= 11 is 0. The first-order valence-electron chi connectivity index (χ1n) is 18.0. The SMILES string of the molecule is CC(C)CC(=O)N1CCCC1c1ncc(-c2ccc(-c3ccc4c(ccc5[nH]c(C6CCCN6C(=O)CC(C)C)nc54)c3)c3c2CC3)[nH]1. The van der Waals surface area contributed by atoms with E-state index in [-0.39, 0.29) is 23.9 Å². The van der Waals surface area contributed by atoms with E-state index in [9.17, 15) is 9.59 Å². The molecule has 2 atom stereocenters. The molecule has 8 nitrogen and oxygen atoms in total. The van der Waals surface area contributed by atoms with Gasteiger partial charge in [0.05, 0.1) is 35.0 Å². The Balaban J connectivity index is 1.06. The fourth-order valence-electron chi connectivity index (χ4n) is 8.28. The van der Waals surface area contributed by atoms with Gasteiger partial charge in [-0.05, 0) is 90.1 Å². The van der Waals surface area contributed by atoms with Gasteiger partial charge >= 0.3 is 0 Å². The molecule has 3 aromatic carbocycles. The highest BCUT2D eigenvalue weighted by Crippen LogP contribution is 2.42. The monoisotopic (exact) mass is 642 g/mol. The van der Waals surface area contributed by atoms with Crippen molar-refractivity contribution in [3.8, 4) is 22.4 Å². The van der Waals surface area contributed by atoms with Crippen molar-refractivity contribution in [2.24, 2.45) is 11.8 Å². The Morgan fingerprint density at radius 1 is 0.792 bits per heavy atom. The number of carbonyl (C=O) groups excluding carboxylic acids is 2. The third-order valence-corrected chi connectivity index (χ3v) is 10.7. The summed E-state index contributed by atoms with van der Waals surface area (Å²) in [6, 6.07) is 15.6. The van der Waals surface area contributed by atoms with Gasteiger partial charge in [-0.25, -0.2) is 9.97 Å². The average molecular weight is 643 g/mol. The quantitative estimate of drug-likeness (QED) is 0.178. The van der Waals surface area contributed by atoms with E-state index in [0.717, 1.165) is 85.4 Å². The molecule has 0 saturated carbocycles. The number of likely N-dealkylation sites (tertiary alicyclic amines) is 2. The fraction of sp³-hybridized carbons (Fsp3) is 0.450. The first-order chi connectivity index (χ1) is 23.2. The maximum atomic E-state index is 13.0. The second-order valence-corrected chi connectivity index (χ2v) is 15.0. The summed E-state index contributed by atoms with van der Waals surface area (Å²) in [5, 5.41) is 2.30. The normalized spacial score (nSPS) is 19.2. The predicted octanol–water partition coefficient (Wildman–Crippen LogP) is 8.29. The zero-order valence-electron chi connectivity index (χ0n) is 28.6. The van der Waals surface area contributed by atoms with Crippen LogP contribution < -0.4 is 0 Å². The van der Waals surface area contributed by atoms with Gasteiger partial charge in [-0.1, -0.05) is 58.0 Å². The molecular formula is C40H46N6O2. The number of rotatable bonds is 8. The lowest BCUT2D eigenvalue weighted by Crippen LogP contribution is -2.31. The number of amides is 2. The molecule has 2 fully saturated rings. The Kier molecular flexibility index (Phi) is 7.85. The second kappa shape index (κ2) is 12.2. The fourth-order valence-corrected chi connectivity index (χ4v) is 8.28. The predicted molar refractivity (Wildman–Crippen MR) is 190 cm³/mol. The molecule has 8 rings (SSSR count). The molecular weight excluding hydrogens is 596 g/mol. The lowest BCUT2D eigenvalue weighted by atomic mass is 9.79. The molecule has 4 heterocycles. The molecule has 1 aliphatic carbocycles. The molecule has 2 amide bonds. The lowest BCUT2D eigenvalue weighted by molar-refractivity contribution is -0.133. The van der Waals surface area contributed by atoms with Crippen LogP contribution >= 0.6 is 0 Å². The lowest BCUT2D eigenvalue weighted by Gasteiger charge is -2.26. The maximum absolute atomic E-state index is 13.0. The van der Waals surface area contributed by atoms with E-state index in [2.05, 4.69) is 80.1 Å². The Labute approximate surface area is 282 Å². The molecule has 2 saturated heterocycles. The summed E-state index contributed by atoms with van der Waals surface area (Å²) in [6.45, 7) is 10.0. The molecule has 248 valence electrons. The minimum atomic E-state index is 0.0192. The van der Waals surface area contributed by atoms with E-state index in [1.807, 2.05) is 16.0 Å². The number of carbonyl (C=O) groups is 2. The van der Waals surface area contributed by atoms with Crippen molar-refractivity contribution < 1.29 is 9.59 Å². The summed E-state index contributed by atoms with van der Waals surface area (Å²) in [6.07, 6.45) is 9.17. The van der Waals surface area contributed by atoms with Gasteiger partial charge in [0.15, 0.2) is 0 Å². The van der Waals surface area contributed by atoms with E-state index in [0.29, 0.717) is 24.7 Å². The van der Waals surface area contributed by atoms with Gasteiger partial charge in [0.1, 0.15) is 11.6 Å². The highest BCUT2D eigenvalue weighted by molar-refractivity contribution is 6.05. The first kappa shape index (κ1) is 30.8. The molecule has 2 aliphatic heterocycles. The van der Waals surface area contributed by atoms with Crippen molar-refractivity contribution >= 4 is 33.6 Å². The zero-order chi connectivity index (χ0) is 33.1. The maximum Gasteiger partial charge on any atom is 0.223 e. The van der Waals surface area contributed by atoms with Crippen LogP contribution in [0, 0.1) is 11.8 Å². The third-order valence-electron chi connectivity index (χ3n) is 10.7. The number of nitrogens with one attached hydrogen (secondary N) is 2. The highest BCUT2D eigenvalue weighted by Gasteiger charge is 2.34. The molecule has 5 aromatic rings. The minimum absolute atomic E-state index is 0.0192. The largest absolute Gasteiger partial charge is 0.340 e. The van der Waals surface area contributed by atoms with Crippen molar-refractivity contribution in [1.82, 2.24) is 29.7 Å². The van der Waals surface area contributed by atoms with E-state index in [1.54, 1.807) is 0 Å². The van der Waals surface area contributed by atoms with Crippen LogP contribution in [0.1, 0.15) is 101 Å². The number of hydrogen-bond acceptors (Lipinski definition) is 4. The van der Waals surface area contributed by atoms with Gasteiger partial charge in [-0.3, -0.25) is 9.59 Å². The van der Waals surface area contributed by atoms with Crippen LogP contribution in [-0.2, 0) is 22.4 Å². The van der Waals surface area contributed by atoms with Crippen LogP contribution in [0.15, 0.2) is 48.7 Å². The van der Waals surface area contributed by atoms with Crippen molar-refractivity contribution in [2.75, 3.05) is 13.1 Å². The van der Waals surface area contributed by atoms with Gasteiger partial charge < -0.3 is 19.8 Å². The molecule has 2 unspecified atom stereocenters. The molecule has 0 bridgehead atoms. The van der Waals surface area contributed by atoms with Crippen molar-refractivity contribution in [1.29, 1.82) is 0 Å².